The number of hydrogen-bond donors (Lipinski definition) is 2. The fourth-order valence-corrected chi connectivity index (χ4v) is 3.29. The molecule has 2 amide bonds. The van der Waals surface area contributed by atoms with Crippen molar-refractivity contribution in [3.63, 3.8) is 0 Å². The Morgan fingerprint density at radius 3 is 2.27 bits per heavy atom. The quantitative estimate of drug-likeness (QED) is 0.674. The summed E-state index contributed by atoms with van der Waals surface area (Å²) in [6.07, 6.45) is 0. The fraction of sp³-hybridized carbons (Fsp3) is 0.100. The standard InChI is InChI=1S/C20H17ClN2O2S/c21-16-10-8-15(9-11-16)19(14-5-2-1-3-6-14)23-18(24)13-22-20(25)17-7-4-12-26-17/h1-12,19H,13H2,(H,22,25)(H,23,24). The van der Waals surface area contributed by atoms with Crippen molar-refractivity contribution in [1.29, 1.82) is 0 Å². The SMILES string of the molecule is O=C(CNC(=O)c1cccs1)NC(c1ccccc1)c1ccc(Cl)cc1. The number of rotatable bonds is 6. The van der Waals surface area contributed by atoms with E-state index in [0.29, 0.717) is 9.90 Å². The van der Waals surface area contributed by atoms with Crippen LogP contribution in [0, 0.1) is 0 Å². The van der Waals surface area contributed by atoms with E-state index >= 15 is 0 Å². The van der Waals surface area contributed by atoms with Gasteiger partial charge in [0, 0.05) is 5.02 Å². The summed E-state index contributed by atoms with van der Waals surface area (Å²) in [5, 5.41) is 8.07. The van der Waals surface area contributed by atoms with Crippen LogP contribution in [0.5, 0.6) is 0 Å². The lowest BCUT2D eigenvalue weighted by Gasteiger charge is -2.20. The normalized spacial score (nSPS) is 11.6. The Morgan fingerprint density at radius 1 is 0.923 bits per heavy atom. The van der Waals surface area contributed by atoms with Crippen molar-refractivity contribution in [3.8, 4) is 0 Å². The zero-order valence-corrected chi connectivity index (χ0v) is 15.4. The fourth-order valence-electron chi connectivity index (χ4n) is 2.53. The molecule has 1 heterocycles. The summed E-state index contributed by atoms with van der Waals surface area (Å²) in [6.45, 7) is -0.0896. The van der Waals surface area contributed by atoms with Crippen molar-refractivity contribution in [2.45, 2.75) is 6.04 Å². The van der Waals surface area contributed by atoms with Gasteiger partial charge in [0.1, 0.15) is 0 Å². The van der Waals surface area contributed by atoms with Crippen LogP contribution < -0.4 is 10.6 Å². The first-order valence-electron chi connectivity index (χ1n) is 8.05. The first-order chi connectivity index (χ1) is 12.6. The van der Waals surface area contributed by atoms with Gasteiger partial charge in [-0.3, -0.25) is 9.59 Å². The van der Waals surface area contributed by atoms with Crippen LogP contribution >= 0.6 is 22.9 Å². The van der Waals surface area contributed by atoms with E-state index in [4.69, 9.17) is 11.6 Å². The Balaban J connectivity index is 1.70. The van der Waals surface area contributed by atoms with Gasteiger partial charge in [-0.15, -0.1) is 11.3 Å². The van der Waals surface area contributed by atoms with Gasteiger partial charge in [0.2, 0.25) is 5.91 Å². The molecule has 6 heteroatoms. The zero-order valence-electron chi connectivity index (χ0n) is 13.8. The van der Waals surface area contributed by atoms with Gasteiger partial charge in [0.25, 0.3) is 5.91 Å². The van der Waals surface area contributed by atoms with E-state index in [1.807, 2.05) is 47.8 Å². The highest BCUT2D eigenvalue weighted by atomic mass is 35.5. The molecule has 1 aromatic heterocycles. The molecule has 2 N–H and O–H groups in total. The van der Waals surface area contributed by atoms with E-state index < -0.39 is 0 Å². The van der Waals surface area contributed by atoms with Crippen molar-refractivity contribution in [1.82, 2.24) is 10.6 Å². The molecule has 1 atom stereocenters. The maximum atomic E-state index is 12.4. The van der Waals surface area contributed by atoms with E-state index in [9.17, 15) is 9.59 Å². The van der Waals surface area contributed by atoms with Gasteiger partial charge in [-0.25, -0.2) is 0 Å². The molecule has 2 aromatic carbocycles. The first kappa shape index (κ1) is 18.2. The number of hydrogen-bond acceptors (Lipinski definition) is 3. The maximum Gasteiger partial charge on any atom is 0.261 e. The Hall–Kier alpha value is -2.63. The summed E-state index contributed by atoms with van der Waals surface area (Å²) in [5.41, 5.74) is 1.87. The Morgan fingerprint density at radius 2 is 1.62 bits per heavy atom. The molecule has 4 nitrogen and oxygen atoms in total. The predicted molar refractivity (Wildman–Crippen MR) is 105 cm³/mol. The topological polar surface area (TPSA) is 58.2 Å². The summed E-state index contributed by atoms with van der Waals surface area (Å²) in [4.78, 5) is 24.9. The van der Waals surface area contributed by atoms with Crippen LogP contribution in [-0.4, -0.2) is 18.4 Å². The second-order valence-corrected chi connectivity index (χ2v) is 7.01. The maximum absolute atomic E-state index is 12.4. The molecule has 26 heavy (non-hydrogen) atoms. The largest absolute Gasteiger partial charge is 0.344 e. The van der Waals surface area contributed by atoms with Crippen LogP contribution in [0.1, 0.15) is 26.8 Å². The van der Waals surface area contributed by atoms with Crippen molar-refractivity contribution in [2.24, 2.45) is 0 Å². The molecular weight excluding hydrogens is 368 g/mol. The average molecular weight is 385 g/mol. The minimum Gasteiger partial charge on any atom is -0.344 e. The van der Waals surface area contributed by atoms with E-state index in [0.717, 1.165) is 11.1 Å². The van der Waals surface area contributed by atoms with Crippen LogP contribution in [-0.2, 0) is 4.79 Å². The zero-order chi connectivity index (χ0) is 18.4. The third-order valence-corrected chi connectivity index (χ3v) is 4.92. The van der Waals surface area contributed by atoms with Crippen LogP contribution in [0.3, 0.4) is 0 Å². The van der Waals surface area contributed by atoms with E-state index in [-0.39, 0.29) is 24.4 Å². The van der Waals surface area contributed by atoms with Crippen molar-refractivity contribution >= 4 is 34.8 Å². The molecule has 0 aliphatic rings. The highest BCUT2D eigenvalue weighted by Gasteiger charge is 2.17. The van der Waals surface area contributed by atoms with Crippen LogP contribution in [0.4, 0.5) is 0 Å². The minimum absolute atomic E-state index is 0.0896. The highest BCUT2D eigenvalue weighted by Crippen LogP contribution is 2.23. The number of amides is 2. The summed E-state index contributed by atoms with van der Waals surface area (Å²) < 4.78 is 0. The predicted octanol–water partition coefficient (Wildman–Crippen LogP) is 4.04. The van der Waals surface area contributed by atoms with Gasteiger partial charge >= 0.3 is 0 Å². The lowest BCUT2D eigenvalue weighted by Crippen LogP contribution is -2.38. The van der Waals surface area contributed by atoms with E-state index in [1.54, 1.807) is 24.3 Å². The Kier molecular flexibility index (Phi) is 6.04. The monoisotopic (exact) mass is 384 g/mol. The van der Waals surface area contributed by atoms with Gasteiger partial charge in [0.05, 0.1) is 17.5 Å². The summed E-state index contributed by atoms with van der Waals surface area (Å²) >= 11 is 7.30. The number of carbonyl (C=O) groups excluding carboxylic acids is 2. The lowest BCUT2D eigenvalue weighted by molar-refractivity contribution is -0.120. The number of halogens is 1. The number of benzene rings is 2. The third-order valence-electron chi connectivity index (χ3n) is 3.80. The molecular formula is C20H17ClN2O2S. The molecule has 3 aromatic rings. The van der Waals surface area contributed by atoms with Gasteiger partial charge in [-0.1, -0.05) is 60.1 Å². The van der Waals surface area contributed by atoms with Gasteiger partial charge in [-0.05, 0) is 34.7 Å². The number of carbonyl (C=O) groups is 2. The molecule has 0 saturated carbocycles. The molecule has 0 saturated heterocycles. The second kappa shape index (κ2) is 8.65. The smallest absolute Gasteiger partial charge is 0.261 e. The molecule has 0 spiro atoms. The minimum atomic E-state index is -0.320. The average Bonchev–Trinajstić information content (AvgIpc) is 3.21. The molecule has 0 bridgehead atoms. The van der Waals surface area contributed by atoms with Gasteiger partial charge in [0.15, 0.2) is 0 Å². The van der Waals surface area contributed by atoms with Crippen molar-refractivity contribution in [3.05, 3.63) is 93.1 Å². The van der Waals surface area contributed by atoms with Crippen LogP contribution in [0.15, 0.2) is 72.1 Å². The van der Waals surface area contributed by atoms with Crippen LogP contribution in [0.25, 0.3) is 0 Å². The number of nitrogens with one attached hydrogen (secondary N) is 2. The molecule has 0 fully saturated rings. The number of thiophene rings is 1. The van der Waals surface area contributed by atoms with E-state index in [2.05, 4.69) is 10.6 Å². The van der Waals surface area contributed by atoms with E-state index in [1.165, 1.54) is 11.3 Å². The van der Waals surface area contributed by atoms with Crippen molar-refractivity contribution in [2.75, 3.05) is 6.54 Å². The lowest BCUT2D eigenvalue weighted by atomic mass is 9.98. The van der Waals surface area contributed by atoms with Gasteiger partial charge < -0.3 is 10.6 Å². The molecule has 1 unspecified atom stereocenters. The summed E-state index contributed by atoms with van der Waals surface area (Å²) in [6, 6.07) is 20.2. The highest BCUT2D eigenvalue weighted by molar-refractivity contribution is 7.12. The molecule has 0 aliphatic carbocycles. The Labute approximate surface area is 160 Å². The summed E-state index contributed by atoms with van der Waals surface area (Å²) in [7, 11) is 0. The van der Waals surface area contributed by atoms with Crippen LogP contribution in [0.2, 0.25) is 5.02 Å². The first-order valence-corrected chi connectivity index (χ1v) is 9.31. The molecule has 0 aliphatic heterocycles. The Bertz CT molecular complexity index is 865. The van der Waals surface area contributed by atoms with Crippen molar-refractivity contribution < 1.29 is 9.59 Å². The third kappa shape index (κ3) is 4.71. The summed E-state index contributed by atoms with van der Waals surface area (Å²) in [5.74, 6) is -0.517. The molecule has 0 radical (unpaired) electrons. The molecule has 132 valence electrons. The van der Waals surface area contributed by atoms with Gasteiger partial charge in [-0.2, -0.15) is 0 Å². The molecule has 3 rings (SSSR count). The second-order valence-electron chi connectivity index (χ2n) is 5.62.